The lowest BCUT2D eigenvalue weighted by Gasteiger charge is -2.23. The second-order valence-electron chi connectivity index (χ2n) is 6.52. The van der Waals surface area contributed by atoms with Crippen molar-refractivity contribution in [2.45, 2.75) is 27.7 Å². The fourth-order valence-corrected chi connectivity index (χ4v) is 3.82. The van der Waals surface area contributed by atoms with Gasteiger partial charge in [0.05, 0.1) is 18.6 Å². The Balaban J connectivity index is 2.23. The molecule has 0 aliphatic rings. The Hall–Kier alpha value is -2.54. The minimum atomic E-state index is -3.63. The molecular weight excluding hydrogens is 364 g/mol. The van der Waals surface area contributed by atoms with Crippen molar-refractivity contribution in [3.8, 4) is 5.75 Å². The third-order valence-electron chi connectivity index (χ3n) is 4.06. The highest BCUT2D eigenvalue weighted by atomic mass is 32.2. The third-order valence-corrected chi connectivity index (χ3v) is 5.21. The topological polar surface area (TPSA) is 75.7 Å². The first kappa shape index (κ1) is 20.8. The average molecular weight is 391 g/mol. The first-order valence-electron chi connectivity index (χ1n) is 8.70. The molecule has 7 heteroatoms. The molecule has 1 N–H and O–H groups in total. The van der Waals surface area contributed by atoms with E-state index in [2.05, 4.69) is 5.32 Å². The van der Waals surface area contributed by atoms with Crippen molar-refractivity contribution in [1.82, 2.24) is 0 Å². The minimum Gasteiger partial charge on any atom is -0.494 e. The van der Waals surface area contributed by atoms with Crippen LogP contribution < -0.4 is 14.4 Å². The monoisotopic (exact) mass is 390 g/mol. The molecule has 0 fully saturated rings. The van der Waals surface area contributed by atoms with Gasteiger partial charge in [0, 0.05) is 5.69 Å². The zero-order valence-corrected chi connectivity index (χ0v) is 17.2. The van der Waals surface area contributed by atoms with Gasteiger partial charge >= 0.3 is 0 Å². The molecule has 2 rings (SSSR count). The quantitative estimate of drug-likeness (QED) is 0.786. The highest BCUT2D eigenvalue weighted by Gasteiger charge is 2.21. The molecule has 0 aliphatic heterocycles. The van der Waals surface area contributed by atoms with Crippen LogP contribution in [0.2, 0.25) is 0 Å². The summed E-state index contributed by atoms with van der Waals surface area (Å²) in [5, 5.41) is 2.84. The van der Waals surface area contributed by atoms with Crippen LogP contribution in [0.15, 0.2) is 36.4 Å². The summed E-state index contributed by atoms with van der Waals surface area (Å²) in [4.78, 5) is 12.6. The average Bonchev–Trinajstić information content (AvgIpc) is 2.56. The fourth-order valence-electron chi connectivity index (χ4n) is 2.96. The summed E-state index contributed by atoms with van der Waals surface area (Å²) < 4.78 is 30.9. The molecule has 0 spiro atoms. The summed E-state index contributed by atoms with van der Waals surface area (Å²) in [6.07, 6.45) is 1.08. The first-order chi connectivity index (χ1) is 12.6. The Labute approximate surface area is 161 Å². The minimum absolute atomic E-state index is 0.306. The van der Waals surface area contributed by atoms with E-state index < -0.39 is 15.9 Å². The van der Waals surface area contributed by atoms with Crippen LogP contribution >= 0.6 is 0 Å². The number of nitrogens with one attached hydrogen (secondary N) is 1. The standard InChI is InChI=1S/C20H26N2O4S/c1-6-26-18-9-7-17(8-10-18)22(27(5,24)25)13-19(23)21-20-15(3)11-14(2)12-16(20)4/h7-12H,6,13H2,1-5H3,(H,21,23). The number of amides is 1. The van der Waals surface area contributed by atoms with Crippen LogP contribution in [0.25, 0.3) is 0 Å². The van der Waals surface area contributed by atoms with Gasteiger partial charge in [-0.1, -0.05) is 17.7 Å². The van der Waals surface area contributed by atoms with E-state index in [0.717, 1.165) is 27.3 Å². The van der Waals surface area contributed by atoms with Gasteiger partial charge in [-0.05, 0) is 63.1 Å². The number of hydrogen-bond acceptors (Lipinski definition) is 4. The molecule has 0 atom stereocenters. The van der Waals surface area contributed by atoms with Gasteiger partial charge in [0.2, 0.25) is 15.9 Å². The first-order valence-corrected chi connectivity index (χ1v) is 10.5. The number of ether oxygens (including phenoxy) is 1. The van der Waals surface area contributed by atoms with Crippen LogP contribution in [0.3, 0.4) is 0 Å². The highest BCUT2D eigenvalue weighted by molar-refractivity contribution is 7.92. The van der Waals surface area contributed by atoms with Gasteiger partial charge in [-0.3, -0.25) is 9.10 Å². The molecule has 6 nitrogen and oxygen atoms in total. The molecule has 2 aromatic carbocycles. The molecule has 2 aromatic rings. The number of sulfonamides is 1. The summed E-state index contributed by atoms with van der Waals surface area (Å²) >= 11 is 0. The second kappa shape index (κ2) is 8.43. The molecule has 0 saturated heterocycles. The lowest BCUT2D eigenvalue weighted by Crippen LogP contribution is -2.37. The van der Waals surface area contributed by atoms with Crippen molar-refractivity contribution in [2.75, 3.05) is 29.0 Å². The van der Waals surface area contributed by atoms with Crippen molar-refractivity contribution >= 4 is 27.3 Å². The SMILES string of the molecule is CCOc1ccc(N(CC(=O)Nc2c(C)cc(C)cc2C)S(C)(=O)=O)cc1. The Bertz CT molecular complexity index is 898. The molecule has 0 bridgehead atoms. The Morgan fingerprint density at radius 3 is 2.11 bits per heavy atom. The van der Waals surface area contributed by atoms with Crippen LogP contribution in [0, 0.1) is 20.8 Å². The van der Waals surface area contributed by atoms with Crippen LogP contribution in [0.1, 0.15) is 23.6 Å². The predicted octanol–water partition coefficient (Wildman–Crippen LogP) is 3.42. The van der Waals surface area contributed by atoms with E-state index in [1.54, 1.807) is 24.3 Å². The molecule has 0 heterocycles. The highest BCUT2D eigenvalue weighted by Crippen LogP contribution is 2.24. The summed E-state index contributed by atoms with van der Waals surface area (Å²) in [6, 6.07) is 10.6. The second-order valence-corrected chi connectivity index (χ2v) is 8.43. The van der Waals surface area contributed by atoms with Crippen LogP contribution in [0.5, 0.6) is 5.75 Å². The van der Waals surface area contributed by atoms with Gasteiger partial charge < -0.3 is 10.1 Å². The number of carbonyl (C=O) groups excluding carboxylic acids is 1. The van der Waals surface area contributed by atoms with Gasteiger partial charge in [-0.25, -0.2) is 8.42 Å². The molecular formula is C20H26N2O4S. The zero-order valence-electron chi connectivity index (χ0n) is 16.4. The van der Waals surface area contributed by atoms with E-state index in [-0.39, 0.29) is 6.54 Å². The van der Waals surface area contributed by atoms with E-state index in [4.69, 9.17) is 4.74 Å². The van der Waals surface area contributed by atoms with Crippen molar-refractivity contribution in [2.24, 2.45) is 0 Å². The zero-order chi connectivity index (χ0) is 20.2. The molecule has 0 aliphatic carbocycles. The lowest BCUT2D eigenvalue weighted by atomic mass is 10.1. The maximum absolute atomic E-state index is 12.6. The summed E-state index contributed by atoms with van der Waals surface area (Å²) in [6.45, 7) is 7.90. The van der Waals surface area contributed by atoms with E-state index in [0.29, 0.717) is 23.7 Å². The number of nitrogens with zero attached hydrogens (tertiary/aromatic N) is 1. The van der Waals surface area contributed by atoms with Gasteiger partial charge in [0.1, 0.15) is 12.3 Å². The maximum atomic E-state index is 12.6. The van der Waals surface area contributed by atoms with Gasteiger partial charge in [0.25, 0.3) is 0 Å². The van der Waals surface area contributed by atoms with Gasteiger partial charge in [0.15, 0.2) is 0 Å². The Morgan fingerprint density at radius 2 is 1.63 bits per heavy atom. The van der Waals surface area contributed by atoms with Crippen molar-refractivity contribution < 1.29 is 17.9 Å². The third kappa shape index (κ3) is 5.47. The lowest BCUT2D eigenvalue weighted by molar-refractivity contribution is -0.114. The van der Waals surface area contributed by atoms with E-state index >= 15 is 0 Å². The molecule has 146 valence electrons. The number of anilines is 2. The fraction of sp³-hybridized carbons (Fsp3) is 0.350. The van der Waals surface area contributed by atoms with Crippen molar-refractivity contribution in [3.63, 3.8) is 0 Å². The number of rotatable bonds is 7. The van der Waals surface area contributed by atoms with E-state index in [1.165, 1.54) is 0 Å². The van der Waals surface area contributed by atoms with E-state index in [1.807, 2.05) is 39.8 Å². The van der Waals surface area contributed by atoms with Crippen molar-refractivity contribution in [1.29, 1.82) is 0 Å². The number of benzene rings is 2. The van der Waals surface area contributed by atoms with Gasteiger partial charge in [-0.15, -0.1) is 0 Å². The number of aryl methyl sites for hydroxylation is 3. The Kier molecular flexibility index (Phi) is 6.49. The maximum Gasteiger partial charge on any atom is 0.245 e. The van der Waals surface area contributed by atoms with Crippen LogP contribution in [-0.4, -0.2) is 33.7 Å². The predicted molar refractivity (Wildman–Crippen MR) is 109 cm³/mol. The molecule has 0 saturated carbocycles. The summed E-state index contributed by atoms with van der Waals surface area (Å²) in [7, 11) is -3.63. The largest absolute Gasteiger partial charge is 0.494 e. The smallest absolute Gasteiger partial charge is 0.245 e. The van der Waals surface area contributed by atoms with Crippen LogP contribution in [-0.2, 0) is 14.8 Å². The molecule has 1 amide bonds. The van der Waals surface area contributed by atoms with E-state index in [9.17, 15) is 13.2 Å². The van der Waals surface area contributed by atoms with Crippen molar-refractivity contribution in [3.05, 3.63) is 53.1 Å². The van der Waals surface area contributed by atoms with Crippen LogP contribution in [0.4, 0.5) is 11.4 Å². The Morgan fingerprint density at radius 1 is 1.07 bits per heavy atom. The number of carbonyl (C=O) groups is 1. The molecule has 27 heavy (non-hydrogen) atoms. The molecule has 0 unspecified atom stereocenters. The summed E-state index contributed by atoms with van der Waals surface area (Å²) in [5.74, 6) is 0.245. The normalized spacial score (nSPS) is 11.1. The molecule has 0 aromatic heterocycles. The molecule has 0 radical (unpaired) electrons. The van der Waals surface area contributed by atoms with Gasteiger partial charge in [-0.2, -0.15) is 0 Å². The number of hydrogen-bond donors (Lipinski definition) is 1. The summed E-state index contributed by atoms with van der Waals surface area (Å²) in [5.41, 5.74) is 4.11.